The summed E-state index contributed by atoms with van der Waals surface area (Å²) in [5.41, 5.74) is 3.68. The Bertz CT molecular complexity index is 1250. The summed E-state index contributed by atoms with van der Waals surface area (Å²) in [4.78, 5) is 12.8. The minimum absolute atomic E-state index is 0.0327. The summed E-state index contributed by atoms with van der Waals surface area (Å²) in [7, 11) is -3.84. The van der Waals surface area contributed by atoms with Crippen molar-refractivity contribution in [1.82, 2.24) is 0 Å². The van der Waals surface area contributed by atoms with Gasteiger partial charge in [-0.15, -0.1) is 0 Å². The number of carbonyl (C=O) groups excluding carboxylic acids is 1. The van der Waals surface area contributed by atoms with E-state index in [4.69, 9.17) is 0 Å². The summed E-state index contributed by atoms with van der Waals surface area (Å²) >= 11 is 0. The number of hydrogen-bond donors (Lipinski definition) is 1. The van der Waals surface area contributed by atoms with Crippen LogP contribution in [0.4, 0.5) is 15.8 Å². The Kier molecular flexibility index (Phi) is 5.77. The molecule has 5 nitrogen and oxygen atoms in total. The Morgan fingerprint density at radius 3 is 2.31 bits per heavy atom. The minimum Gasteiger partial charge on any atom is -0.322 e. The molecule has 3 aromatic rings. The molecule has 0 fully saturated rings. The monoisotopic (exact) mass is 452 g/mol. The Morgan fingerprint density at radius 2 is 1.69 bits per heavy atom. The van der Waals surface area contributed by atoms with Crippen LogP contribution in [0.15, 0.2) is 71.6 Å². The smallest absolute Gasteiger partial charge is 0.264 e. The zero-order chi connectivity index (χ0) is 23.0. The average Bonchev–Trinajstić information content (AvgIpc) is 3.10. The number of carbonyl (C=O) groups is 1. The van der Waals surface area contributed by atoms with Crippen molar-refractivity contribution in [3.8, 4) is 0 Å². The minimum atomic E-state index is -3.84. The number of hydrogen-bond acceptors (Lipinski definition) is 3. The molecule has 0 saturated heterocycles. The van der Waals surface area contributed by atoms with E-state index in [1.54, 1.807) is 18.2 Å². The van der Waals surface area contributed by atoms with Gasteiger partial charge in [-0.2, -0.15) is 0 Å². The van der Waals surface area contributed by atoms with Crippen molar-refractivity contribution in [3.05, 3.63) is 89.2 Å². The standard InChI is InChI=1S/C25H25FN2O3S/c1-16(2)18-4-9-22(10-5-18)27-25(29)19-6-13-24-20(15-19)14-17(3)28(24)32(30,31)23-11-7-21(26)8-12-23/h4-13,15-17H,14H2,1-3H3,(H,27,29)/t17-/m0/s1. The van der Waals surface area contributed by atoms with Gasteiger partial charge in [0.1, 0.15) is 5.82 Å². The number of nitrogens with one attached hydrogen (secondary N) is 1. The molecule has 0 aliphatic carbocycles. The van der Waals surface area contributed by atoms with Gasteiger partial charge in [-0.3, -0.25) is 9.10 Å². The van der Waals surface area contributed by atoms with E-state index in [0.29, 0.717) is 29.3 Å². The molecule has 0 unspecified atom stereocenters. The first-order valence-corrected chi connectivity index (χ1v) is 11.9. The third kappa shape index (κ3) is 4.12. The topological polar surface area (TPSA) is 66.5 Å². The van der Waals surface area contributed by atoms with E-state index >= 15 is 0 Å². The summed E-state index contributed by atoms with van der Waals surface area (Å²) in [6, 6.07) is 17.2. The molecular weight excluding hydrogens is 427 g/mol. The Hall–Kier alpha value is -3.19. The quantitative estimate of drug-likeness (QED) is 0.568. The number of benzene rings is 3. The third-order valence-electron chi connectivity index (χ3n) is 5.70. The average molecular weight is 453 g/mol. The molecule has 1 amide bonds. The van der Waals surface area contributed by atoms with E-state index < -0.39 is 15.8 Å². The maximum absolute atomic E-state index is 13.3. The van der Waals surface area contributed by atoms with Crippen LogP contribution in [-0.4, -0.2) is 20.4 Å². The van der Waals surface area contributed by atoms with Gasteiger partial charge in [0, 0.05) is 17.3 Å². The molecule has 3 aromatic carbocycles. The van der Waals surface area contributed by atoms with Crippen molar-refractivity contribution < 1.29 is 17.6 Å². The fourth-order valence-electron chi connectivity index (χ4n) is 3.98. The van der Waals surface area contributed by atoms with Crippen molar-refractivity contribution in [2.45, 2.75) is 44.0 Å². The van der Waals surface area contributed by atoms with Crippen LogP contribution in [0.3, 0.4) is 0 Å². The lowest BCUT2D eigenvalue weighted by Gasteiger charge is -2.24. The summed E-state index contributed by atoms with van der Waals surface area (Å²) in [5, 5.41) is 2.89. The van der Waals surface area contributed by atoms with Crippen LogP contribution in [0.2, 0.25) is 0 Å². The van der Waals surface area contributed by atoms with Crippen LogP contribution in [0, 0.1) is 5.82 Å². The normalized spacial score (nSPS) is 15.7. The van der Waals surface area contributed by atoms with E-state index in [-0.39, 0.29) is 16.8 Å². The lowest BCUT2D eigenvalue weighted by Crippen LogP contribution is -2.35. The molecule has 1 aliphatic rings. The number of amides is 1. The van der Waals surface area contributed by atoms with Crippen LogP contribution in [0.25, 0.3) is 0 Å². The zero-order valence-corrected chi connectivity index (χ0v) is 19.0. The zero-order valence-electron chi connectivity index (χ0n) is 18.2. The van der Waals surface area contributed by atoms with Crippen molar-refractivity contribution >= 4 is 27.3 Å². The number of fused-ring (bicyclic) bond motifs is 1. The van der Waals surface area contributed by atoms with Gasteiger partial charge in [-0.25, -0.2) is 12.8 Å². The maximum atomic E-state index is 13.3. The molecule has 0 bridgehead atoms. The first-order valence-electron chi connectivity index (χ1n) is 10.5. The van der Waals surface area contributed by atoms with E-state index in [1.165, 1.54) is 22.0 Å². The lowest BCUT2D eigenvalue weighted by molar-refractivity contribution is 0.102. The highest BCUT2D eigenvalue weighted by Crippen LogP contribution is 2.37. The Labute approximate surface area is 187 Å². The predicted molar refractivity (Wildman–Crippen MR) is 124 cm³/mol. The molecule has 7 heteroatoms. The Morgan fingerprint density at radius 1 is 1.03 bits per heavy atom. The van der Waals surface area contributed by atoms with E-state index in [9.17, 15) is 17.6 Å². The van der Waals surface area contributed by atoms with Gasteiger partial charge in [-0.05, 0) is 85.0 Å². The molecule has 0 aromatic heterocycles. The summed E-state index contributed by atoms with van der Waals surface area (Å²) in [6.45, 7) is 6.04. The number of rotatable bonds is 5. The number of anilines is 2. The highest BCUT2D eigenvalue weighted by atomic mass is 32.2. The lowest BCUT2D eigenvalue weighted by atomic mass is 10.0. The van der Waals surface area contributed by atoms with Gasteiger partial charge in [0.25, 0.3) is 15.9 Å². The van der Waals surface area contributed by atoms with Gasteiger partial charge < -0.3 is 5.32 Å². The molecule has 0 saturated carbocycles. The van der Waals surface area contributed by atoms with Crippen LogP contribution in [-0.2, 0) is 16.4 Å². The van der Waals surface area contributed by atoms with Gasteiger partial charge in [-0.1, -0.05) is 26.0 Å². The first-order chi connectivity index (χ1) is 15.2. The van der Waals surface area contributed by atoms with Crippen LogP contribution >= 0.6 is 0 Å². The van der Waals surface area contributed by atoms with E-state index in [1.807, 2.05) is 31.2 Å². The second-order valence-corrected chi connectivity index (χ2v) is 10.2. The van der Waals surface area contributed by atoms with Gasteiger partial charge >= 0.3 is 0 Å². The molecule has 1 N–H and O–H groups in total. The van der Waals surface area contributed by atoms with Gasteiger partial charge in [0.05, 0.1) is 10.6 Å². The molecule has 1 aliphatic heterocycles. The molecule has 4 rings (SSSR count). The second kappa shape index (κ2) is 8.39. The Balaban J connectivity index is 1.58. The molecule has 166 valence electrons. The molecule has 32 heavy (non-hydrogen) atoms. The van der Waals surface area contributed by atoms with Crippen molar-refractivity contribution in [2.75, 3.05) is 9.62 Å². The number of nitrogens with zero attached hydrogens (tertiary/aromatic N) is 1. The fourth-order valence-corrected chi connectivity index (χ4v) is 5.68. The molecule has 0 spiro atoms. The van der Waals surface area contributed by atoms with Crippen molar-refractivity contribution in [1.29, 1.82) is 0 Å². The molecule has 0 radical (unpaired) electrons. The van der Waals surface area contributed by atoms with E-state index in [2.05, 4.69) is 19.2 Å². The molecular formula is C25H25FN2O3S. The number of halogens is 1. The highest BCUT2D eigenvalue weighted by Gasteiger charge is 2.36. The van der Waals surface area contributed by atoms with Crippen molar-refractivity contribution in [3.63, 3.8) is 0 Å². The van der Waals surface area contributed by atoms with E-state index in [0.717, 1.165) is 17.7 Å². The predicted octanol–water partition coefficient (Wildman–Crippen LogP) is 5.34. The van der Waals surface area contributed by atoms with Crippen LogP contribution in [0.5, 0.6) is 0 Å². The van der Waals surface area contributed by atoms with Crippen LogP contribution in [0.1, 0.15) is 48.2 Å². The first kappa shape index (κ1) is 22.0. The molecule has 1 heterocycles. The maximum Gasteiger partial charge on any atom is 0.264 e. The van der Waals surface area contributed by atoms with Gasteiger partial charge in [0.2, 0.25) is 0 Å². The third-order valence-corrected chi connectivity index (χ3v) is 7.64. The summed E-state index contributed by atoms with van der Waals surface area (Å²) in [5.74, 6) is -0.335. The summed E-state index contributed by atoms with van der Waals surface area (Å²) in [6.07, 6.45) is 0.486. The second-order valence-electron chi connectivity index (χ2n) is 8.38. The van der Waals surface area contributed by atoms with Crippen LogP contribution < -0.4 is 9.62 Å². The highest BCUT2D eigenvalue weighted by molar-refractivity contribution is 7.92. The largest absolute Gasteiger partial charge is 0.322 e. The molecule has 1 atom stereocenters. The fraction of sp³-hybridized carbons (Fsp3) is 0.240. The van der Waals surface area contributed by atoms with Gasteiger partial charge in [0.15, 0.2) is 0 Å². The number of sulfonamides is 1. The SMILES string of the molecule is CC(C)c1ccc(NC(=O)c2ccc3c(c2)C[C@H](C)N3S(=O)(=O)c2ccc(F)cc2)cc1. The van der Waals surface area contributed by atoms with Crippen molar-refractivity contribution in [2.24, 2.45) is 0 Å². The summed E-state index contributed by atoms with van der Waals surface area (Å²) < 4.78 is 41.0.